The van der Waals surface area contributed by atoms with Crippen LogP contribution in [0.2, 0.25) is 0 Å². The summed E-state index contributed by atoms with van der Waals surface area (Å²) in [6, 6.07) is 16.7. The first-order valence-electron chi connectivity index (χ1n) is 6.85. The van der Waals surface area contributed by atoms with E-state index in [9.17, 15) is 9.90 Å². The van der Waals surface area contributed by atoms with Gasteiger partial charge in [-0.25, -0.2) is 0 Å². The van der Waals surface area contributed by atoms with E-state index < -0.39 is 0 Å². The second-order valence-electron chi connectivity index (χ2n) is 4.92. The Labute approximate surface area is 122 Å². The molecule has 0 radical (unpaired) electrons. The summed E-state index contributed by atoms with van der Waals surface area (Å²) < 4.78 is 2.07. The maximum atomic E-state index is 11.9. The standard InChI is InChI=1S/C17H16N2O2/c20-15-6-3-5-14(12-15)18-17(21)9-11-19-10-8-13-4-1-2-7-16(13)19/h1-8,10,12,20H,9,11H2,(H,18,21). The van der Waals surface area contributed by atoms with Gasteiger partial charge in [-0.2, -0.15) is 0 Å². The van der Waals surface area contributed by atoms with Gasteiger partial charge < -0.3 is 15.0 Å². The summed E-state index contributed by atoms with van der Waals surface area (Å²) in [5.74, 6) is 0.0718. The molecule has 0 spiro atoms. The molecular formula is C17H16N2O2. The first-order valence-corrected chi connectivity index (χ1v) is 6.85. The van der Waals surface area contributed by atoms with E-state index in [4.69, 9.17) is 0 Å². The Morgan fingerprint density at radius 3 is 2.81 bits per heavy atom. The van der Waals surface area contributed by atoms with Crippen LogP contribution < -0.4 is 5.32 Å². The van der Waals surface area contributed by atoms with Crippen LogP contribution in [-0.2, 0) is 11.3 Å². The van der Waals surface area contributed by atoms with Crippen molar-refractivity contribution in [3.05, 3.63) is 60.8 Å². The number of carbonyl (C=O) groups is 1. The summed E-state index contributed by atoms with van der Waals surface area (Å²) in [6.07, 6.45) is 2.38. The van der Waals surface area contributed by atoms with Crippen LogP contribution in [0.4, 0.5) is 5.69 Å². The van der Waals surface area contributed by atoms with Crippen molar-refractivity contribution in [2.75, 3.05) is 5.32 Å². The van der Waals surface area contributed by atoms with Gasteiger partial charge in [-0.05, 0) is 29.7 Å². The van der Waals surface area contributed by atoms with Crippen LogP contribution >= 0.6 is 0 Å². The number of hydrogen-bond donors (Lipinski definition) is 2. The minimum atomic E-state index is -0.0709. The molecule has 0 atom stereocenters. The van der Waals surface area contributed by atoms with Crippen LogP contribution in [-0.4, -0.2) is 15.6 Å². The van der Waals surface area contributed by atoms with Crippen molar-refractivity contribution in [2.45, 2.75) is 13.0 Å². The fourth-order valence-corrected chi connectivity index (χ4v) is 2.36. The molecule has 3 aromatic rings. The second kappa shape index (κ2) is 5.71. The molecule has 4 heteroatoms. The number of phenols is 1. The zero-order valence-corrected chi connectivity index (χ0v) is 11.5. The Morgan fingerprint density at radius 2 is 1.95 bits per heavy atom. The molecule has 0 fully saturated rings. The highest BCUT2D eigenvalue weighted by Gasteiger charge is 2.05. The first kappa shape index (κ1) is 13.2. The van der Waals surface area contributed by atoms with Crippen LogP contribution in [0.5, 0.6) is 5.75 Å². The molecule has 0 aliphatic rings. The lowest BCUT2D eigenvalue weighted by Crippen LogP contribution is -2.14. The molecule has 106 valence electrons. The van der Waals surface area contributed by atoms with Crippen LogP contribution in [0.15, 0.2) is 60.8 Å². The number of nitrogens with one attached hydrogen (secondary N) is 1. The van der Waals surface area contributed by atoms with E-state index in [2.05, 4.69) is 16.0 Å². The Morgan fingerprint density at radius 1 is 1.10 bits per heavy atom. The Hall–Kier alpha value is -2.75. The molecule has 4 nitrogen and oxygen atoms in total. The number of aromatic hydroxyl groups is 1. The van der Waals surface area contributed by atoms with Crippen molar-refractivity contribution in [3.8, 4) is 5.75 Å². The van der Waals surface area contributed by atoms with Crippen LogP contribution in [0, 0.1) is 0 Å². The SMILES string of the molecule is O=C(CCn1ccc2ccccc21)Nc1cccc(O)c1. The molecule has 3 rings (SSSR count). The molecule has 1 heterocycles. The maximum absolute atomic E-state index is 11.9. The Kier molecular flexibility index (Phi) is 3.60. The normalized spacial score (nSPS) is 10.7. The average Bonchev–Trinajstić information content (AvgIpc) is 2.88. The van der Waals surface area contributed by atoms with Crippen molar-refractivity contribution in [1.29, 1.82) is 0 Å². The van der Waals surface area contributed by atoms with Crippen LogP contribution in [0.3, 0.4) is 0 Å². The lowest BCUT2D eigenvalue weighted by atomic mass is 10.2. The van der Waals surface area contributed by atoms with Crippen LogP contribution in [0.25, 0.3) is 10.9 Å². The number of carbonyl (C=O) groups excluding carboxylic acids is 1. The van der Waals surface area contributed by atoms with Crippen molar-refractivity contribution in [3.63, 3.8) is 0 Å². The topological polar surface area (TPSA) is 54.3 Å². The van der Waals surface area contributed by atoms with E-state index >= 15 is 0 Å². The summed E-state index contributed by atoms with van der Waals surface area (Å²) >= 11 is 0. The molecule has 0 saturated carbocycles. The molecule has 1 aromatic heterocycles. The Balaban J connectivity index is 1.63. The number of fused-ring (bicyclic) bond motifs is 1. The summed E-state index contributed by atoms with van der Waals surface area (Å²) in [7, 11) is 0. The molecule has 21 heavy (non-hydrogen) atoms. The number of amides is 1. The molecule has 0 aliphatic carbocycles. The average molecular weight is 280 g/mol. The third-order valence-corrected chi connectivity index (χ3v) is 3.39. The van der Waals surface area contributed by atoms with E-state index in [0.717, 1.165) is 5.52 Å². The predicted molar refractivity (Wildman–Crippen MR) is 83.3 cm³/mol. The number of rotatable bonds is 4. The van der Waals surface area contributed by atoms with Crippen molar-refractivity contribution in [1.82, 2.24) is 4.57 Å². The Bertz CT molecular complexity index is 777. The van der Waals surface area contributed by atoms with Crippen molar-refractivity contribution in [2.24, 2.45) is 0 Å². The third kappa shape index (κ3) is 3.05. The lowest BCUT2D eigenvalue weighted by molar-refractivity contribution is -0.116. The molecule has 1 amide bonds. The molecule has 0 aliphatic heterocycles. The number of anilines is 1. The minimum Gasteiger partial charge on any atom is -0.508 e. The highest BCUT2D eigenvalue weighted by Crippen LogP contribution is 2.17. The molecular weight excluding hydrogens is 264 g/mol. The largest absolute Gasteiger partial charge is 0.508 e. The minimum absolute atomic E-state index is 0.0709. The van der Waals surface area contributed by atoms with Gasteiger partial charge in [0.25, 0.3) is 0 Å². The number of phenolic OH excluding ortho intramolecular Hbond substituents is 1. The predicted octanol–water partition coefficient (Wildman–Crippen LogP) is 3.38. The molecule has 0 bridgehead atoms. The van der Waals surface area contributed by atoms with Gasteiger partial charge in [0.2, 0.25) is 5.91 Å². The summed E-state index contributed by atoms with van der Waals surface area (Å²) in [5, 5.41) is 13.3. The summed E-state index contributed by atoms with van der Waals surface area (Å²) in [6.45, 7) is 0.623. The molecule has 2 aromatic carbocycles. The number of aromatic nitrogens is 1. The van der Waals surface area contributed by atoms with Crippen LogP contribution in [0.1, 0.15) is 6.42 Å². The second-order valence-corrected chi connectivity index (χ2v) is 4.92. The van der Waals surface area contributed by atoms with E-state index in [-0.39, 0.29) is 11.7 Å². The van der Waals surface area contributed by atoms with Gasteiger partial charge in [-0.15, -0.1) is 0 Å². The number of aryl methyl sites for hydroxylation is 1. The highest BCUT2D eigenvalue weighted by atomic mass is 16.3. The van der Waals surface area contributed by atoms with Gasteiger partial charge in [-0.3, -0.25) is 4.79 Å². The van der Waals surface area contributed by atoms with Gasteiger partial charge in [0.15, 0.2) is 0 Å². The van der Waals surface area contributed by atoms with E-state index in [0.29, 0.717) is 18.7 Å². The summed E-state index contributed by atoms with van der Waals surface area (Å²) in [5.41, 5.74) is 1.74. The van der Waals surface area contributed by atoms with E-state index in [1.165, 1.54) is 11.5 Å². The first-order chi connectivity index (χ1) is 10.2. The zero-order valence-electron chi connectivity index (χ0n) is 11.5. The van der Waals surface area contributed by atoms with Gasteiger partial charge >= 0.3 is 0 Å². The molecule has 2 N–H and O–H groups in total. The third-order valence-electron chi connectivity index (χ3n) is 3.39. The number of nitrogens with zero attached hydrogens (tertiary/aromatic N) is 1. The van der Waals surface area contributed by atoms with Gasteiger partial charge in [0.05, 0.1) is 0 Å². The van der Waals surface area contributed by atoms with Gasteiger partial charge in [0, 0.05) is 36.4 Å². The monoisotopic (exact) mass is 280 g/mol. The van der Waals surface area contributed by atoms with Gasteiger partial charge in [0.1, 0.15) is 5.75 Å². The molecule has 0 saturated heterocycles. The van der Waals surface area contributed by atoms with Crippen molar-refractivity contribution < 1.29 is 9.90 Å². The highest BCUT2D eigenvalue weighted by molar-refractivity contribution is 5.91. The van der Waals surface area contributed by atoms with Crippen molar-refractivity contribution >= 4 is 22.5 Å². The number of hydrogen-bond acceptors (Lipinski definition) is 2. The van der Waals surface area contributed by atoms with E-state index in [1.54, 1.807) is 18.2 Å². The lowest BCUT2D eigenvalue weighted by Gasteiger charge is -2.07. The zero-order chi connectivity index (χ0) is 14.7. The fourth-order valence-electron chi connectivity index (χ4n) is 2.36. The quantitative estimate of drug-likeness (QED) is 0.769. The van der Waals surface area contributed by atoms with E-state index in [1.807, 2.05) is 30.5 Å². The fraction of sp³-hybridized carbons (Fsp3) is 0.118. The maximum Gasteiger partial charge on any atom is 0.226 e. The number of para-hydroxylation sites is 1. The summed E-state index contributed by atoms with van der Waals surface area (Å²) in [4.78, 5) is 11.9. The number of benzene rings is 2. The van der Waals surface area contributed by atoms with Gasteiger partial charge in [-0.1, -0.05) is 24.3 Å². The smallest absolute Gasteiger partial charge is 0.226 e. The molecule has 0 unspecified atom stereocenters.